The number of hydrogen-bond donors (Lipinski definition) is 1. The molecule has 156 valence electrons. The fourth-order valence-electron chi connectivity index (χ4n) is 4.09. The molecule has 0 amide bonds. The first-order chi connectivity index (χ1) is 13.7. The Kier molecular flexibility index (Phi) is 8.40. The maximum absolute atomic E-state index is 9.25. The van der Waals surface area contributed by atoms with Gasteiger partial charge in [0.05, 0.1) is 0 Å². The van der Waals surface area contributed by atoms with Crippen LogP contribution in [0.4, 0.5) is 0 Å². The molecule has 0 saturated carbocycles. The van der Waals surface area contributed by atoms with Gasteiger partial charge in [-0.25, -0.2) is 0 Å². The van der Waals surface area contributed by atoms with E-state index in [4.69, 9.17) is 0 Å². The molecule has 29 heavy (non-hydrogen) atoms. The molecular weight excluding hydrogens is 354 g/mol. The van der Waals surface area contributed by atoms with Crippen molar-refractivity contribution in [2.75, 3.05) is 6.61 Å². The third-order valence-corrected chi connectivity index (χ3v) is 5.70. The second-order valence-electron chi connectivity index (χ2n) is 8.97. The molecule has 0 aliphatic heterocycles. The summed E-state index contributed by atoms with van der Waals surface area (Å²) >= 11 is 0. The molecule has 2 nitrogen and oxygen atoms in total. The zero-order valence-electron chi connectivity index (χ0n) is 19.1. The minimum Gasteiger partial charge on any atom is -0.390 e. The maximum atomic E-state index is 9.25. The van der Waals surface area contributed by atoms with Gasteiger partial charge < -0.3 is 5.11 Å². The first-order valence-electron chi connectivity index (χ1n) is 10.8. The molecule has 2 rings (SSSR count). The van der Waals surface area contributed by atoms with Crippen LogP contribution < -0.4 is 4.57 Å². The maximum Gasteiger partial charge on any atom is 0.205 e. The van der Waals surface area contributed by atoms with Crippen molar-refractivity contribution in [3.63, 3.8) is 0 Å². The molecule has 1 aromatic rings. The Morgan fingerprint density at radius 1 is 1.17 bits per heavy atom. The van der Waals surface area contributed by atoms with E-state index in [2.05, 4.69) is 94.7 Å². The standard InChI is InChI=1S/C27H38NO/c1-21(9-7-11-25-20-23(3)14-16-28(25)17-18-29)19-22(2)12-13-26-24(4)10-8-15-27(26,5)6/h7,9,11-14,16,19-20,29H,8,10,15,17-18H2,1-6H3/q+1/b11-7+,13-12+,21-9+,22-19+. The van der Waals surface area contributed by atoms with E-state index in [0.717, 1.165) is 5.69 Å². The Morgan fingerprint density at radius 3 is 2.62 bits per heavy atom. The molecule has 1 heterocycles. The summed E-state index contributed by atoms with van der Waals surface area (Å²) < 4.78 is 2.07. The lowest BCUT2D eigenvalue weighted by molar-refractivity contribution is -0.699. The highest BCUT2D eigenvalue weighted by Gasteiger charge is 2.26. The van der Waals surface area contributed by atoms with Gasteiger partial charge in [-0.05, 0) is 63.5 Å². The minimum absolute atomic E-state index is 0.143. The van der Waals surface area contributed by atoms with Crippen molar-refractivity contribution in [1.29, 1.82) is 0 Å². The van der Waals surface area contributed by atoms with Crippen LogP contribution in [0.25, 0.3) is 6.08 Å². The van der Waals surface area contributed by atoms with Crippen molar-refractivity contribution in [3.8, 4) is 0 Å². The summed E-state index contributed by atoms with van der Waals surface area (Å²) in [4.78, 5) is 0. The van der Waals surface area contributed by atoms with E-state index >= 15 is 0 Å². The van der Waals surface area contributed by atoms with Crippen molar-refractivity contribution in [3.05, 3.63) is 82.3 Å². The van der Waals surface area contributed by atoms with Crippen LogP contribution in [0.3, 0.4) is 0 Å². The van der Waals surface area contributed by atoms with Crippen LogP contribution in [0.1, 0.15) is 65.1 Å². The van der Waals surface area contributed by atoms with Gasteiger partial charge in [0.15, 0.2) is 12.7 Å². The second kappa shape index (κ2) is 10.5. The molecule has 0 saturated heterocycles. The first kappa shape index (κ1) is 23.1. The number of rotatable bonds is 7. The van der Waals surface area contributed by atoms with Crippen LogP contribution >= 0.6 is 0 Å². The smallest absolute Gasteiger partial charge is 0.205 e. The average Bonchev–Trinajstić information content (AvgIpc) is 2.63. The van der Waals surface area contributed by atoms with Gasteiger partial charge in [0.25, 0.3) is 0 Å². The van der Waals surface area contributed by atoms with E-state index in [1.165, 1.54) is 47.1 Å². The van der Waals surface area contributed by atoms with Crippen LogP contribution in [0.15, 0.2) is 71.0 Å². The van der Waals surface area contributed by atoms with Crippen molar-refractivity contribution < 1.29 is 9.67 Å². The minimum atomic E-state index is 0.143. The molecule has 0 bridgehead atoms. The summed E-state index contributed by atoms with van der Waals surface area (Å²) in [5, 5.41) is 9.25. The fraction of sp³-hybridized carbons (Fsp3) is 0.444. The Labute approximate surface area is 177 Å². The number of aryl methyl sites for hydroxylation is 1. The zero-order chi connectivity index (χ0) is 21.4. The Morgan fingerprint density at radius 2 is 1.93 bits per heavy atom. The van der Waals surface area contributed by atoms with Crippen molar-refractivity contribution in [1.82, 2.24) is 0 Å². The number of nitrogens with zero attached hydrogens (tertiary/aromatic N) is 1. The number of aliphatic hydroxyl groups excluding tert-OH is 1. The van der Waals surface area contributed by atoms with Crippen LogP contribution in [-0.4, -0.2) is 11.7 Å². The summed E-state index contributed by atoms with van der Waals surface area (Å²) in [7, 11) is 0. The Bertz CT molecular complexity index is 863. The summed E-state index contributed by atoms with van der Waals surface area (Å²) in [6.07, 6.45) is 19.0. The highest BCUT2D eigenvalue weighted by Crippen LogP contribution is 2.40. The van der Waals surface area contributed by atoms with E-state index in [9.17, 15) is 5.11 Å². The summed E-state index contributed by atoms with van der Waals surface area (Å²) in [5.74, 6) is 0. The van der Waals surface area contributed by atoms with E-state index in [1.54, 1.807) is 0 Å². The van der Waals surface area contributed by atoms with Gasteiger partial charge in [0, 0.05) is 18.2 Å². The normalized spacial score (nSPS) is 18.3. The summed E-state index contributed by atoms with van der Waals surface area (Å²) in [6, 6.07) is 4.21. The van der Waals surface area contributed by atoms with Crippen molar-refractivity contribution >= 4 is 6.08 Å². The van der Waals surface area contributed by atoms with Crippen LogP contribution in [0.5, 0.6) is 0 Å². The molecule has 0 atom stereocenters. The lowest BCUT2D eigenvalue weighted by Crippen LogP contribution is -2.38. The van der Waals surface area contributed by atoms with Crippen molar-refractivity contribution in [2.45, 2.75) is 67.3 Å². The Balaban J connectivity index is 2.11. The average molecular weight is 393 g/mol. The monoisotopic (exact) mass is 392 g/mol. The summed E-state index contributed by atoms with van der Waals surface area (Å²) in [5.41, 5.74) is 8.13. The molecule has 1 N–H and O–H groups in total. The highest BCUT2D eigenvalue weighted by atomic mass is 16.3. The molecule has 0 spiro atoms. The second-order valence-corrected chi connectivity index (χ2v) is 8.97. The van der Waals surface area contributed by atoms with Gasteiger partial charge in [0.2, 0.25) is 5.69 Å². The quantitative estimate of drug-likeness (QED) is 0.429. The number of hydrogen-bond acceptors (Lipinski definition) is 1. The third-order valence-electron chi connectivity index (χ3n) is 5.70. The zero-order valence-corrected chi connectivity index (χ0v) is 19.1. The van der Waals surface area contributed by atoms with Gasteiger partial charge in [-0.2, -0.15) is 4.57 Å². The largest absolute Gasteiger partial charge is 0.390 e. The van der Waals surface area contributed by atoms with E-state index < -0.39 is 0 Å². The molecule has 0 radical (unpaired) electrons. The molecule has 1 aromatic heterocycles. The van der Waals surface area contributed by atoms with Gasteiger partial charge in [-0.3, -0.25) is 0 Å². The molecule has 0 aromatic carbocycles. The van der Waals surface area contributed by atoms with Gasteiger partial charge >= 0.3 is 0 Å². The fourth-order valence-corrected chi connectivity index (χ4v) is 4.09. The first-order valence-corrected chi connectivity index (χ1v) is 10.8. The summed E-state index contributed by atoms with van der Waals surface area (Å²) in [6.45, 7) is 14.1. The molecule has 1 aliphatic rings. The Hall–Kier alpha value is -2.19. The molecule has 0 fully saturated rings. The number of allylic oxidation sites excluding steroid dienone is 9. The number of aromatic nitrogens is 1. The predicted octanol–water partition coefficient (Wildman–Crippen LogP) is 6.26. The van der Waals surface area contributed by atoms with E-state index in [-0.39, 0.29) is 12.0 Å². The van der Waals surface area contributed by atoms with Crippen LogP contribution in [0, 0.1) is 12.3 Å². The predicted molar refractivity (Wildman–Crippen MR) is 124 cm³/mol. The topological polar surface area (TPSA) is 24.1 Å². The lowest BCUT2D eigenvalue weighted by atomic mass is 9.72. The number of aliphatic hydroxyl groups is 1. The SMILES string of the molecule is CC1=C(/C=C/C(C)=C/C(C)=C/C=C/c2cc(C)cc[n+]2CCO)C(C)(C)CCC1. The molecule has 0 unspecified atom stereocenters. The van der Waals surface area contributed by atoms with Crippen LogP contribution in [-0.2, 0) is 6.54 Å². The molecule has 2 heteroatoms. The molecule has 1 aliphatic carbocycles. The van der Waals surface area contributed by atoms with E-state index in [1.807, 2.05) is 6.20 Å². The van der Waals surface area contributed by atoms with Gasteiger partial charge in [0.1, 0.15) is 6.61 Å². The van der Waals surface area contributed by atoms with Gasteiger partial charge in [-0.15, -0.1) is 0 Å². The molecular formula is C27H38NO+. The van der Waals surface area contributed by atoms with Crippen LogP contribution in [0.2, 0.25) is 0 Å². The lowest BCUT2D eigenvalue weighted by Gasteiger charge is -2.32. The van der Waals surface area contributed by atoms with Gasteiger partial charge in [-0.1, -0.05) is 60.9 Å². The van der Waals surface area contributed by atoms with E-state index in [0.29, 0.717) is 6.54 Å². The highest BCUT2D eigenvalue weighted by molar-refractivity contribution is 5.46. The third kappa shape index (κ3) is 6.97. The number of pyridine rings is 1. The van der Waals surface area contributed by atoms with Crippen molar-refractivity contribution in [2.24, 2.45) is 5.41 Å².